The van der Waals surface area contributed by atoms with Crippen molar-refractivity contribution >= 4 is 33.1 Å². The van der Waals surface area contributed by atoms with Crippen molar-refractivity contribution in [1.29, 1.82) is 0 Å². The Kier molecular flexibility index (Phi) is 3.37. The van der Waals surface area contributed by atoms with Crippen molar-refractivity contribution in [1.82, 2.24) is 15.8 Å². The Balaban J connectivity index is 1.49. The van der Waals surface area contributed by atoms with E-state index in [0.717, 1.165) is 28.7 Å². The van der Waals surface area contributed by atoms with Gasteiger partial charge in [0.15, 0.2) is 0 Å². The van der Waals surface area contributed by atoms with Gasteiger partial charge in [-0.25, -0.2) is 10.4 Å². The molecule has 0 bridgehead atoms. The van der Waals surface area contributed by atoms with E-state index >= 15 is 0 Å². The number of carbonyl (C=O) groups is 1. The molecule has 3 atom stereocenters. The lowest BCUT2D eigenvalue weighted by Crippen LogP contribution is -2.42. The molecule has 6 heteroatoms. The van der Waals surface area contributed by atoms with Crippen LogP contribution in [0.1, 0.15) is 25.7 Å². The number of nitrogens with zero attached hydrogens (tertiary/aromatic N) is 1. The second kappa shape index (κ2) is 5.36. The maximum absolute atomic E-state index is 12.5. The number of rotatable bonds is 2. The second-order valence-electron chi connectivity index (χ2n) is 5.85. The van der Waals surface area contributed by atoms with E-state index in [1.807, 2.05) is 23.7 Å². The van der Waals surface area contributed by atoms with Gasteiger partial charge in [0.05, 0.1) is 15.7 Å². The quantitative estimate of drug-likeness (QED) is 0.796. The molecule has 1 aliphatic heterocycles. The van der Waals surface area contributed by atoms with Gasteiger partial charge < -0.3 is 5.32 Å². The molecule has 2 aliphatic rings. The Bertz CT molecular complexity index is 670. The lowest BCUT2D eigenvalue weighted by Gasteiger charge is -2.26. The highest BCUT2D eigenvalue weighted by molar-refractivity contribution is 7.16. The standard InChI is InChI=1S/C15H18N4OS/c20-15(14-10-3-1-2-4-11(10)18-19-14)17-9-5-6-13-12(7-9)16-8-21-13/h5-8,10-11,14,18-19H,1-4H2,(H,17,20). The number of hydrogen-bond acceptors (Lipinski definition) is 5. The number of amides is 1. The Morgan fingerprint density at radius 2 is 2.19 bits per heavy atom. The van der Waals surface area contributed by atoms with Crippen LogP contribution in [0.15, 0.2) is 23.7 Å². The molecule has 2 heterocycles. The monoisotopic (exact) mass is 302 g/mol. The van der Waals surface area contributed by atoms with Crippen molar-refractivity contribution in [2.75, 3.05) is 5.32 Å². The van der Waals surface area contributed by atoms with Gasteiger partial charge in [0.25, 0.3) is 0 Å². The predicted octanol–water partition coefficient (Wildman–Crippen LogP) is 2.27. The summed E-state index contributed by atoms with van der Waals surface area (Å²) in [6, 6.07) is 6.19. The zero-order valence-corrected chi connectivity index (χ0v) is 12.5. The zero-order valence-electron chi connectivity index (χ0n) is 11.6. The van der Waals surface area contributed by atoms with Crippen LogP contribution < -0.4 is 16.2 Å². The molecule has 21 heavy (non-hydrogen) atoms. The largest absolute Gasteiger partial charge is 0.325 e. The molecule has 0 radical (unpaired) electrons. The van der Waals surface area contributed by atoms with Crippen LogP contribution in [0.3, 0.4) is 0 Å². The minimum Gasteiger partial charge on any atom is -0.325 e. The van der Waals surface area contributed by atoms with Crippen molar-refractivity contribution in [3.8, 4) is 0 Å². The van der Waals surface area contributed by atoms with E-state index in [1.54, 1.807) is 11.3 Å². The molecule has 110 valence electrons. The summed E-state index contributed by atoms with van der Waals surface area (Å²) < 4.78 is 1.14. The average Bonchev–Trinajstić information content (AvgIpc) is 3.13. The molecule has 1 saturated heterocycles. The molecule has 1 aromatic heterocycles. The summed E-state index contributed by atoms with van der Waals surface area (Å²) in [6.45, 7) is 0. The minimum absolute atomic E-state index is 0.0477. The number of anilines is 1. The molecule has 1 amide bonds. The van der Waals surface area contributed by atoms with Crippen LogP contribution in [0, 0.1) is 5.92 Å². The Morgan fingerprint density at radius 1 is 1.29 bits per heavy atom. The van der Waals surface area contributed by atoms with Crippen LogP contribution in [-0.4, -0.2) is 23.0 Å². The third kappa shape index (κ3) is 2.43. The van der Waals surface area contributed by atoms with E-state index in [0.29, 0.717) is 12.0 Å². The van der Waals surface area contributed by atoms with Crippen LogP contribution >= 0.6 is 11.3 Å². The lowest BCUT2D eigenvalue weighted by atomic mass is 9.81. The van der Waals surface area contributed by atoms with Crippen molar-refractivity contribution in [3.05, 3.63) is 23.7 Å². The number of carbonyl (C=O) groups excluding carboxylic acids is 1. The Hall–Kier alpha value is -1.50. The summed E-state index contributed by atoms with van der Waals surface area (Å²) >= 11 is 1.61. The molecule has 4 rings (SSSR count). The van der Waals surface area contributed by atoms with E-state index in [-0.39, 0.29) is 11.9 Å². The first kappa shape index (κ1) is 13.2. The number of hydrogen-bond donors (Lipinski definition) is 3. The fourth-order valence-electron chi connectivity index (χ4n) is 3.46. The van der Waals surface area contributed by atoms with Crippen LogP contribution in [0.25, 0.3) is 10.2 Å². The molecule has 5 nitrogen and oxygen atoms in total. The first-order valence-corrected chi connectivity index (χ1v) is 8.34. The van der Waals surface area contributed by atoms with Crippen LogP contribution in [0.5, 0.6) is 0 Å². The number of thiazole rings is 1. The highest BCUT2D eigenvalue weighted by Gasteiger charge is 2.40. The summed E-state index contributed by atoms with van der Waals surface area (Å²) in [5, 5.41) is 3.02. The molecular weight excluding hydrogens is 284 g/mol. The summed E-state index contributed by atoms with van der Waals surface area (Å²) in [6.07, 6.45) is 4.75. The van der Waals surface area contributed by atoms with Gasteiger partial charge in [-0.2, -0.15) is 0 Å². The summed E-state index contributed by atoms with van der Waals surface area (Å²) in [5.74, 6) is 0.452. The van der Waals surface area contributed by atoms with E-state index in [1.165, 1.54) is 12.8 Å². The maximum Gasteiger partial charge on any atom is 0.243 e. The molecule has 1 aromatic carbocycles. The number of nitrogens with one attached hydrogen (secondary N) is 3. The van der Waals surface area contributed by atoms with Gasteiger partial charge in [-0.15, -0.1) is 11.3 Å². The molecule has 2 fully saturated rings. The van der Waals surface area contributed by atoms with E-state index in [2.05, 4.69) is 21.2 Å². The highest BCUT2D eigenvalue weighted by Crippen LogP contribution is 2.30. The summed E-state index contributed by atoms with van der Waals surface area (Å²) in [5.41, 5.74) is 10.0. The SMILES string of the molecule is O=C(Nc1ccc2scnc2c1)C1NNC2CCCCC21. The van der Waals surface area contributed by atoms with E-state index in [9.17, 15) is 4.79 Å². The van der Waals surface area contributed by atoms with Crippen molar-refractivity contribution in [2.24, 2.45) is 5.92 Å². The zero-order chi connectivity index (χ0) is 14.2. The van der Waals surface area contributed by atoms with Crippen LogP contribution in [-0.2, 0) is 4.79 Å². The topological polar surface area (TPSA) is 66.0 Å². The van der Waals surface area contributed by atoms with E-state index in [4.69, 9.17) is 0 Å². The third-order valence-electron chi connectivity index (χ3n) is 4.55. The summed E-state index contributed by atoms with van der Waals surface area (Å²) in [4.78, 5) is 16.8. The number of hydrazine groups is 1. The van der Waals surface area contributed by atoms with Crippen LogP contribution in [0.2, 0.25) is 0 Å². The summed E-state index contributed by atoms with van der Waals surface area (Å²) in [7, 11) is 0. The molecular formula is C15H18N4OS. The van der Waals surface area contributed by atoms with Gasteiger partial charge in [-0.3, -0.25) is 10.2 Å². The van der Waals surface area contributed by atoms with Crippen molar-refractivity contribution in [3.63, 3.8) is 0 Å². The number of benzene rings is 1. The molecule has 3 unspecified atom stereocenters. The van der Waals surface area contributed by atoms with Gasteiger partial charge in [0.1, 0.15) is 6.04 Å². The number of aromatic nitrogens is 1. The van der Waals surface area contributed by atoms with Gasteiger partial charge >= 0.3 is 0 Å². The fourth-order valence-corrected chi connectivity index (χ4v) is 4.12. The van der Waals surface area contributed by atoms with Gasteiger partial charge in [0, 0.05) is 17.6 Å². The molecule has 2 aromatic rings. The smallest absolute Gasteiger partial charge is 0.243 e. The van der Waals surface area contributed by atoms with Crippen molar-refractivity contribution in [2.45, 2.75) is 37.8 Å². The molecule has 1 saturated carbocycles. The average molecular weight is 302 g/mol. The van der Waals surface area contributed by atoms with Gasteiger partial charge in [-0.05, 0) is 31.0 Å². The minimum atomic E-state index is -0.138. The first-order chi connectivity index (χ1) is 10.3. The van der Waals surface area contributed by atoms with Gasteiger partial charge in [0.2, 0.25) is 5.91 Å². The van der Waals surface area contributed by atoms with Crippen molar-refractivity contribution < 1.29 is 4.79 Å². The Labute approximate surface area is 127 Å². The number of fused-ring (bicyclic) bond motifs is 2. The fraction of sp³-hybridized carbons (Fsp3) is 0.467. The van der Waals surface area contributed by atoms with Crippen LogP contribution in [0.4, 0.5) is 5.69 Å². The normalized spacial score (nSPS) is 28.5. The third-order valence-corrected chi connectivity index (χ3v) is 5.36. The second-order valence-corrected chi connectivity index (χ2v) is 6.73. The molecule has 3 N–H and O–H groups in total. The first-order valence-electron chi connectivity index (χ1n) is 7.46. The lowest BCUT2D eigenvalue weighted by molar-refractivity contribution is -0.118. The van der Waals surface area contributed by atoms with E-state index < -0.39 is 0 Å². The van der Waals surface area contributed by atoms with Gasteiger partial charge in [-0.1, -0.05) is 12.8 Å². The maximum atomic E-state index is 12.5. The predicted molar refractivity (Wildman–Crippen MR) is 84.1 cm³/mol. The Morgan fingerprint density at radius 3 is 3.14 bits per heavy atom. The molecule has 1 aliphatic carbocycles. The highest BCUT2D eigenvalue weighted by atomic mass is 32.1. The molecule has 0 spiro atoms.